The van der Waals surface area contributed by atoms with Crippen molar-refractivity contribution in [3.8, 4) is 0 Å². The van der Waals surface area contributed by atoms with Gasteiger partial charge in [0.2, 0.25) is 5.91 Å². The van der Waals surface area contributed by atoms with Crippen LogP contribution in [0.2, 0.25) is 0 Å². The summed E-state index contributed by atoms with van der Waals surface area (Å²) in [6.07, 6.45) is -1.29. The van der Waals surface area contributed by atoms with Gasteiger partial charge in [-0.3, -0.25) is 19.8 Å². The summed E-state index contributed by atoms with van der Waals surface area (Å²) < 4.78 is 38.6. The first kappa shape index (κ1) is 21.4. The van der Waals surface area contributed by atoms with Crippen LogP contribution < -0.4 is 4.90 Å². The van der Waals surface area contributed by atoms with Crippen molar-refractivity contribution in [2.75, 3.05) is 44.2 Å². The number of nitro groups is 1. The number of hydrogen-bond acceptors (Lipinski definition) is 5. The summed E-state index contributed by atoms with van der Waals surface area (Å²) in [5, 5.41) is 11.3. The van der Waals surface area contributed by atoms with Crippen LogP contribution in [0.5, 0.6) is 0 Å². The molecular formula is C19H25F3N4O3. The van der Waals surface area contributed by atoms with Crippen molar-refractivity contribution >= 4 is 17.3 Å². The molecule has 2 saturated heterocycles. The quantitative estimate of drug-likeness (QED) is 0.559. The third-order valence-corrected chi connectivity index (χ3v) is 5.75. The molecule has 29 heavy (non-hydrogen) atoms. The molecule has 0 radical (unpaired) electrons. The number of anilines is 1. The van der Waals surface area contributed by atoms with E-state index in [1.807, 2.05) is 0 Å². The highest BCUT2D eigenvalue weighted by molar-refractivity contribution is 5.79. The summed E-state index contributed by atoms with van der Waals surface area (Å²) in [5.74, 6) is 0.0281. The summed E-state index contributed by atoms with van der Waals surface area (Å²) in [5.41, 5.74) is -1.46. The SMILES string of the molecule is C[C@@H]1CCCCN1CC(=O)N1CCN(c2ccc(C(F)(F)F)cc2[N+](=O)[O-])CC1. The number of piperidine rings is 1. The Balaban J connectivity index is 1.64. The average molecular weight is 414 g/mol. The van der Waals surface area contributed by atoms with Gasteiger partial charge in [-0.15, -0.1) is 0 Å². The van der Waals surface area contributed by atoms with Gasteiger partial charge < -0.3 is 9.80 Å². The van der Waals surface area contributed by atoms with Crippen molar-refractivity contribution in [2.45, 2.75) is 38.4 Å². The van der Waals surface area contributed by atoms with Gasteiger partial charge in [-0.1, -0.05) is 6.42 Å². The van der Waals surface area contributed by atoms with Gasteiger partial charge in [0.05, 0.1) is 17.0 Å². The Hall–Kier alpha value is -2.36. The van der Waals surface area contributed by atoms with Crippen LogP contribution in [0.3, 0.4) is 0 Å². The van der Waals surface area contributed by atoms with Crippen LogP contribution in [-0.4, -0.2) is 65.9 Å². The topological polar surface area (TPSA) is 69.9 Å². The Labute approximate surface area is 167 Å². The minimum absolute atomic E-state index is 0.0281. The predicted molar refractivity (Wildman–Crippen MR) is 102 cm³/mol. The molecule has 2 fully saturated rings. The molecule has 1 atom stereocenters. The maximum absolute atomic E-state index is 12.9. The standard InChI is InChI=1S/C19H25F3N4O3/c1-14-4-2-3-7-25(14)13-18(27)24-10-8-23(9-11-24)16-6-5-15(19(20,21)22)12-17(16)26(28)29/h5-6,12,14H,2-4,7-11,13H2,1H3/t14-/m1/s1. The van der Waals surface area contributed by atoms with Gasteiger partial charge in [0.15, 0.2) is 0 Å². The Bertz CT molecular complexity index is 764. The summed E-state index contributed by atoms with van der Waals surface area (Å²) >= 11 is 0. The molecule has 0 aromatic heterocycles. The number of piperazine rings is 1. The molecule has 0 spiro atoms. The van der Waals surface area contributed by atoms with Crippen LogP contribution in [0, 0.1) is 10.1 Å². The molecule has 0 bridgehead atoms. The molecule has 2 heterocycles. The second kappa shape index (κ2) is 8.56. The number of amides is 1. The van der Waals surface area contributed by atoms with Crippen molar-refractivity contribution in [3.63, 3.8) is 0 Å². The maximum Gasteiger partial charge on any atom is 0.416 e. The van der Waals surface area contributed by atoms with E-state index < -0.39 is 22.4 Å². The molecule has 1 aromatic carbocycles. The van der Waals surface area contributed by atoms with Crippen molar-refractivity contribution in [2.24, 2.45) is 0 Å². The minimum atomic E-state index is -4.64. The van der Waals surface area contributed by atoms with Gasteiger partial charge in [0, 0.05) is 38.3 Å². The monoisotopic (exact) mass is 414 g/mol. The van der Waals surface area contributed by atoms with E-state index in [0.717, 1.165) is 31.5 Å². The number of nitrogens with zero attached hydrogens (tertiary/aromatic N) is 4. The second-order valence-electron chi connectivity index (χ2n) is 7.64. The first-order valence-electron chi connectivity index (χ1n) is 9.79. The van der Waals surface area contributed by atoms with Crippen molar-refractivity contribution in [1.29, 1.82) is 0 Å². The molecule has 0 aliphatic carbocycles. The molecule has 2 aliphatic rings. The van der Waals surface area contributed by atoms with Gasteiger partial charge in [0.25, 0.3) is 5.69 Å². The first-order chi connectivity index (χ1) is 13.7. The predicted octanol–water partition coefficient (Wildman–Crippen LogP) is 3.14. The zero-order valence-electron chi connectivity index (χ0n) is 16.3. The molecule has 0 saturated carbocycles. The molecule has 7 nitrogen and oxygen atoms in total. The maximum atomic E-state index is 12.9. The number of alkyl halides is 3. The van der Waals surface area contributed by atoms with Gasteiger partial charge in [-0.25, -0.2) is 0 Å². The van der Waals surface area contributed by atoms with Crippen molar-refractivity contribution in [1.82, 2.24) is 9.80 Å². The van der Waals surface area contributed by atoms with E-state index in [-0.39, 0.29) is 11.6 Å². The fourth-order valence-corrected chi connectivity index (χ4v) is 3.98. The van der Waals surface area contributed by atoms with Gasteiger partial charge in [0.1, 0.15) is 5.69 Å². The van der Waals surface area contributed by atoms with Gasteiger partial charge >= 0.3 is 6.18 Å². The molecule has 2 aliphatic heterocycles. The number of benzene rings is 1. The summed E-state index contributed by atoms with van der Waals surface area (Å²) in [6.45, 7) is 4.85. The van der Waals surface area contributed by atoms with Crippen LogP contribution in [-0.2, 0) is 11.0 Å². The lowest BCUT2D eigenvalue weighted by atomic mass is 10.0. The number of halogens is 3. The number of likely N-dealkylation sites (tertiary alicyclic amines) is 1. The van der Waals surface area contributed by atoms with Crippen LogP contribution in [0.4, 0.5) is 24.5 Å². The Morgan fingerprint density at radius 1 is 1.17 bits per heavy atom. The zero-order valence-corrected chi connectivity index (χ0v) is 16.3. The van der Waals surface area contributed by atoms with E-state index in [1.54, 1.807) is 9.80 Å². The lowest BCUT2D eigenvalue weighted by molar-refractivity contribution is -0.384. The first-order valence-corrected chi connectivity index (χ1v) is 9.79. The lowest BCUT2D eigenvalue weighted by Gasteiger charge is -2.38. The fourth-order valence-electron chi connectivity index (χ4n) is 3.98. The average Bonchev–Trinajstić information content (AvgIpc) is 2.68. The number of rotatable bonds is 4. The Kier molecular flexibility index (Phi) is 6.30. The van der Waals surface area contributed by atoms with E-state index in [1.165, 1.54) is 6.42 Å². The highest BCUT2D eigenvalue weighted by atomic mass is 19.4. The molecule has 10 heteroatoms. The Morgan fingerprint density at radius 3 is 2.45 bits per heavy atom. The number of hydrogen-bond donors (Lipinski definition) is 0. The van der Waals surface area contributed by atoms with E-state index in [0.29, 0.717) is 44.8 Å². The third-order valence-electron chi connectivity index (χ3n) is 5.75. The van der Waals surface area contributed by atoms with E-state index >= 15 is 0 Å². The Morgan fingerprint density at radius 2 is 1.86 bits per heavy atom. The smallest absolute Gasteiger partial charge is 0.362 e. The molecule has 1 amide bonds. The second-order valence-corrected chi connectivity index (χ2v) is 7.64. The number of nitro benzene ring substituents is 1. The van der Waals surface area contributed by atoms with Crippen LogP contribution in [0.15, 0.2) is 18.2 Å². The highest BCUT2D eigenvalue weighted by Gasteiger charge is 2.34. The molecule has 0 N–H and O–H groups in total. The highest BCUT2D eigenvalue weighted by Crippen LogP contribution is 2.36. The largest absolute Gasteiger partial charge is 0.416 e. The van der Waals surface area contributed by atoms with Gasteiger partial charge in [-0.05, 0) is 38.4 Å². The normalized spacial score (nSPS) is 21.3. The molecule has 0 unspecified atom stereocenters. The minimum Gasteiger partial charge on any atom is -0.362 e. The number of carbonyl (C=O) groups excluding carboxylic acids is 1. The molecule has 1 aromatic rings. The third kappa shape index (κ3) is 4.98. The fraction of sp³-hybridized carbons (Fsp3) is 0.632. The van der Waals surface area contributed by atoms with Crippen molar-refractivity contribution < 1.29 is 22.9 Å². The number of carbonyl (C=O) groups is 1. The lowest BCUT2D eigenvalue weighted by Crippen LogP contribution is -2.52. The molecule has 3 rings (SSSR count). The summed E-state index contributed by atoms with van der Waals surface area (Å²) in [4.78, 5) is 28.7. The van der Waals surface area contributed by atoms with Gasteiger partial charge in [-0.2, -0.15) is 13.2 Å². The summed E-state index contributed by atoms with van der Waals surface area (Å²) in [6, 6.07) is 2.96. The van der Waals surface area contributed by atoms with E-state index in [2.05, 4.69) is 11.8 Å². The van der Waals surface area contributed by atoms with E-state index in [4.69, 9.17) is 0 Å². The van der Waals surface area contributed by atoms with Crippen LogP contribution >= 0.6 is 0 Å². The summed E-state index contributed by atoms with van der Waals surface area (Å²) in [7, 11) is 0. The van der Waals surface area contributed by atoms with E-state index in [9.17, 15) is 28.1 Å². The van der Waals surface area contributed by atoms with Crippen LogP contribution in [0.1, 0.15) is 31.7 Å². The zero-order chi connectivity index (χ0) is 21.2. The molecular weight excluding hydrogens is 389 g/mol. The molecule has 160 valence electrons. The van der Waals surface area contributed by atoms with Crippen molar-refractivity contribution in [3.05, 3.63) is 33.9 Å². The van der Waals surface area contributed by atoms with Crippen LogP contribution in [0.25, 0.3) is 0 Å².